The molecule has 1 aliphatic heterocycles. The Morgan fingerprint density at radius 3 is 2.57 bits per heavy atom. The maximum Gasteiger partial charge on any atom is 0.211 e. The fourth-order valence-corrected chi connectivity index (χ4v) is 2.72. The van der Waals surface area contributed by atoms with Gasteiger partial charge in [-0.1, -0.05) is 22.0 Å². The van der Waals surface area contributed by atoms with Gasteiger partial charge in [-0.15, -0.1) is 0 Å². The Kier molecular flexibility index (Phi) is 2.41. The summed E-state index contributed by atoms with van der Waals surface area (Å²) in [5, 5.41) is 0. The van der Waals surface area contributed by atoms with Crippen molar-refractivity contribution in [2.24, 2.45) is 0 Å². The van der Waals surface area contributed by atoms with Crippen molar-refractivity contribution < 1.29 is 8.42 Å². The van der Waals surface area contributed by atoms with E-state index < -0.39 is 10.0 Å². The van der Waals surface area contributed by atoms with E-state index in [0.29, 0.717) is 13.1 Å². The van der Waals surface area contributed by atoms with Crippen molar-refractivity contribution in [2.75, 3.05) is 6.26 Å². The third-order valence-corrected chi connectivity index (χ3v) is 4.02. The summed E-state index contributed by atoms with van der Waals surface area (Å²) in [6.45, 7) is 0.995. The van der Waals surface area contributed by atoms with Gasteiger partial charge in [0.15, 0.2) is 0 Å². The van der Waals surface area contributed by atoms with Crippen LogP contribution in [0.15, 0.2) is 22.7 Å². The van der Waals surface area contributed by atoms with Gasteiger partial charge in [0.25, 0.3) is 0 Å². The molecule has 0 atom stereocenters. The molecule has 0 saturated carbocycles. The zero-order chi connectivity index (χ0) is 10.3. The quantitative estimate of drug-likeness (QED) is 0.783. The second kappa shape index (κ2) is 3.32. The van der Waals surface area contributed by atoms with Gasteiger partial charge >= 0.3 is 0 Å². The van der Waals surface area contributed by atoms with Crippen molar-refractivity contribution >= 4 is 26.0 Å². The molecule has 0 bridgehead atoms. The number of rotatable bonds is 1. The summed E-state index contributed by atoms with van der Waals surface area (Å²) in [6.07, 6.45) is 1.24. The molecule has 0 unspecified atom stereocenters. The second-order valence-corrected chi connectivity index (χ2v) is 6.34. The van der Waals surface area contributed by atoms with E-state index in [0.717, 1.165) is 15.6 Å². The van der Waals surface area contributed by atoms with Crippen LogP contribution in [0.4, 0.5) is 0 Å². The van der Waals surface area contributed by atoms with E-state index in [-0.39, 0.29) is 0 Å². The number of nitrogens with zero attached hydrogens (tertiary/aromatic N) is 1. The summed E-state index contributed by atoms with van der Waals surface area (Å²) in [4.78, 5) is 0. The van der Waals surface area contributed by atoms with Crippen molar-refractivity contribution in [2.45, 2.75) is 13.1 Å². The van der Waals surface area contributed by atoms with Crippen LogP contribution < -0.4 is 0 Å². The highest BCUT2D eigenvalue weighted by Crippen LogP contribution is 2.27. The first kappa shape index (κ1) is 10.1. The van der Waals surface area contributed by atoms with Crippen LogP contribution in [0.1, 0.15) is 11.1 Å². The van der Waals surface area contributed by atoms with Crippen LogP contribution in [0.2, 0.25) is 0 Å². The van der Waals surface area contributed by atoms with Crippen LogP contribution in [0.5, 0.6) is 0 Å². The number of hydrogen-bond acceptors (Lipinski definition) is 2. The van der Waals surface area contributed by atoms with Gasteiger partial charge in [-0.3, -0.25) is 0 Å². The maximum absolute atomic E-state index is 11.3. The van der Waals surface area contributed by atoms with Gasteiger partial charge in [-0.2, -0.15) is 4.31 Å². The number of hydrogen-bond donors (Lipinski definition) is 0. The molecule has 0 radical (unpaired) electrons. The maximum atomic E-state index is 11.3. The van der Waals surface area contributed by atoms with Crippen LogP contribution >= 0.6 is 15.9 Å². The molecule has 0 saturated heterocycles. The summed E-state index contributed by atoms with van der Waals surface area (Å²) >= 11 is 3.37. The second-order valence-electron chi connectivity index (χ2n) is 3.44. The standard InChI is InChI=1S/C9H10BrNO2S/c1-14(12,13)11-5-7-2-3-9(10)4-8(7)6-11/h2-4H,5-6H2,1H3. The van der Waals surface area contributed by atoms with Crippen molar-refractivity contribution in [3.05, 3.63) is 33.8 Å². The van der Waals surface area contributed by atoms with Gasteiger partial charge in [0.05, 0.1) is 6.26 Å². The molecule has 5 heteroatoms. The third kappa shape index (κ3) is 1.85. The van der Waals surface area contributed by atoms with E-state index in [1.807, 2.05) is 18.2 Å². The summed E-state index contributed by atoms with van der Waals surface area (Å²) in [6, 6.07) is 5.87. The predicted octanol–water partition coefficient (Wildman–Crippen LogP) is 1.72. The van der Waals surface area contributed by atoms with E-state index in [1.165, 1.54) is 10.6 Å². The molecule has 1 aliphatic rings. The zero-order valence-corrected chi connectivity index (χ0v) is 10.1. The molecule has 0 fully saturated rings. The molecule has 76 valence electrons. The highest BCUT2D eigenvalue weighted by molar-refractivity contribution is 9.10. The average molecular weight is 276 g/mol. The van der Waals surface area contributed by atoms with E-state index >= 15 is 0 Å². The fraction of sp³-hybridized carbons (Fsp3) is 0.333. The summed E-state index contributed by atoms with van der Waals surface area (Å²) in [7, 11) is -3.07. The Morgan fingerprint density at radius 1 is 1.29 bits per heavy atom. The monoisotopic (exact) mass is 275 g/mol. The van der Waals surface area contributed by atoms with E-state index in [9.17, 15) is 8.42 Å². The van der Waals surface area contributed by atoms with Gasteiger partial charge in [0.2, 0.25) is 10.0 Å². The van der Waals surface area contributed by atoms with Crippen LogP contribution in [-0.2, 0) is 23.1 Å². The Bertz CT molecular complexity index is 470. The van der Waals surface area contributed by atoms with Gasteiger partial charge in [0.1, 0.15) is 0 Å². The van der Waals surface area contributed by atoms with E-state index in [1.54, 1.807) is 0 Å². The Morgan fingerprint density at radius 2 is 1.93 bits per heavy atom. The van der Waals surface area contributed by atoms with Crippen LogP contribution in [0, 0.1) is 0 Å². The highest BCUT2D eigenvalue weighted by Gasteiger charge is 2.25. The first-order valence-corrected chi connectivity index (χ1v) is 6.83. The van der Waals surface area contributed by atoms with E-state index in [2.05, 4.69) is 15.9 Å². The van der Waals surface area contributed by atoms with Crippen molar-refractivity contribution in [1.82, 2.24) is 4.31 Å². The molecule has 2 rings (SSSR count). The molecule has 0 spiro atoms. The smallest absolute Gasteiger partial charge is 0.211 e. The molecule has 0 aliphatic carbocycles. The Hall–Kier alpha value is -0.390. The molecular formula is C9H10BrNO2S. The lowest BCUT2D eigenvalue weighted by Gasteiger charge is -2.10. The van der Waals surface area contributed by atoms with Crippen LogP contribution in [0.25, 0.3) is 0 Å². The van der Waals surface area contributed by atoms with E-state index in [4.69, 9.17) is 0 Å². The summed E-state index contributed by atoms with van der Waals surface area (Å²) in [5.74, 6) is 0. The number of fused-ring (bicyclic) bond motifs is 1. The molecule has 3 nitrogen and oxygen atoms in total. The van der Waals surface area contributed by atoms with Crippen molar-refractivity contribution in [1.29, 1.82) is 0 Å². The normalized spacial score (nSPS) is 17.0. The average Bonchev–Trinajstić information content (AvgIpc) is 2.45. The largest absolute Gasteiger partial charge is 0.212 e. The van der Waals surface area contributed by atoms with Crippen molar-refractivity contribution in [3.8, 4) is 0 Å². The fourth-order valence-electron chi connectivity index (χ4n) is 1.57. The molecule has 0 aromatic heterocycles. The lowest BCUT2D eigenvalue weighted by atomic mass is 10.1. The molecular weight excluding hydrogens is 266 g/mol. The Balaban J connectivity index is 2.35. The van der Waals surface area contributed by atoms with Gasteiger partial charge < -0.3 is 0 Å². The van der Waals surface area contributed by atoms with Crippen LogP contribution in [0.3, 0.4) is 0 Å². The SMILES string of the molecule is CS(=O)(=O)N1Cc2ccc(Br)cc2C1. The minimum atomic E-state index is -3.07. The van der Waals surface area contributed by atoms with Gasteiger partial charge in [-0.05, 0) is 23.3 Å². The van der Waals surface area contributed by atoms with Crippen molar-refractivity contribution in [3.63, 3.8) is 0 Å². The molecule has 14 heavy (non-hydrogen) atoms. The van der Waals surface area contributed by atoms with Crippen LogP contribution in [-0.4, -0.2) is 19.0 Å². The molecule has 1 aromatic rings. The topological polar surface area (TPSA) is 37.4 Å². The molecule has 0 amide bonds. The summed E-state index contributed by atoms with van der Waals surface area (Å²) in [5.41, 5.74) is 2.18. The minimum absolute atomic E-state index is 0.494. The minimum Gasteiger partial charge on any atom is -0.212 e. The molecule has 1 heterocycles. The number of halogens is 1. The molecule has 1 aromatic carbocycles. The third-order valence-electron chi connectivity index (χ3n) is 2.33. The first-order valence-electron chi connectivity index (χ1n) is 4.19. The van der Waals surface area contributed by atoms with Gasteiger partial charge in [-0.25, -0.2) is 8.42 Å². The number of benzene rings is 1. The number of sulfonamides is 1. The lowest BCUT2D eigenvalue weighted by molar-refractivity contribution is 0.436. The van der Waals surface area contributed by atoms with Gasteiger partial charge in [0, 0.05) is 17.6 Å². The first-order chi connectivity index (χ1) is 6.47. The Labute approximate surface area is 91.9 Å². The summed E-state index contributed by atoms with van der Waals surface area (Å²) < 4.78 is 25.1. The lowest BCUT2D eigenvalue weighted by Crippen LogP contribution is -2.23. The highest BCUT2D eigenvalue weighted by atomic mass is 79.9. The predicted molar refractivity (Wildman–Crippen MR) is 58.2 cm³/mol. The zero-order valence-electron chi connectivity index (χ0n) is 7.70. The molecule has 0 N–H and O–H groups in total.